The smallest absolute Gasteiger partial charge is 0.404 e. The molecule has 1 aromatic carbocycles. The number of rotatable bonds is 9. The topological polar surface area (TPSA) is 100 Å². The van der Waals surface area contributed by atoms with Crippen molar-refractivity contribution in [1.29, 1.82) is 0 Å². The first-order valence-corrected chi connectivity index (χ1v) is 9.02. The number of methoxy groups -OCH3 is 2. The molecule has 0 bridgehead atoms. The first kappa shape index (κ1) is 20.6. The largest absolute Gasteiger partial charge is 0.465 e. The molecule has 0 saturated heterocycles. The first-order chi connectivity index (χ1) is 12.5. The summed E-state index contributed by atoms with van der Waals surface area (Å²) in [5.41, 5.74) is 0.974. The fraction of sp³-hybridized carbons (Fsp3) is 0.632. The lowest BCUT2D eigenvalue weighted by Gasteiger charge is -2.35. The van der Waals surface area contributed by atoms with Gasteiger partial charge in [-0.25, -0.2) is 4.79 Å². The maximum atomic E-state index is 11.1. The summed E-state index contributed by atoms with van der Waals surface area (Å²) in [4.78, 5) is 11.1. The van der Waals surface area contributed by atoms with Crippen LogP contribution in [0.2, 0.25) is 0 Å². The summed E-state index contributed by atoms with van der Waals surface area (Å²) in [7, 11) is 3.39. The number of ether oxygens (including phenoxy) is 2. The average molecular weight is 366 g/mol. The summed E-state index contributed by atoms with van der Waals surface area (Å²) >= 11 is 0. The van der Waals surface area contributed by atoms with Crippen molar-refractivity contribution in [3.8, 4) is 0 Å². The molecule has 7 heteroatoms. The van der Waals surface area contributed by atoms with Crippen molar-refractivity contribution in [2.75, 3.05) is 20.8 Å². The number of benzene rings is 1. The van der Waals surface area contributed by atoms with Gasteiger partial charge in [0, 0.05) is 26.8 Å². The molecule has 26 heavy (non-hydrogen) atoms. The Morgan fingerprint density at radius 1 is 1.15 bits per heavy atom. The molecule has 1 unspecified atom stereocenters. The second-order valence-electron chi connectivity index (χ2n) is 6.84. The van der Waals surface area contributed by atoms with Crippen molar-refractivity contribution in [2.24, 2.45) is 0 Å². The number of carbonyl (C=O) groups is 1. The highest BCUT2D eigenvalue weighted by Gasteiger charge is 2.30. The van der Waals surface area contributed by atoms with Gasteiger partial charge in [0.25, 0.3) is 0 Å². The van der Waals surface area contributed by atoms with E-state index in [0.717, 1.165) is 24.8 Å². The van der Waals surface area contributed by atoms with Crippen molar-refractivity contribution in [3.05, 3.63) is 35.9 Å². The Kier molecular flexibility index (Phi) is 8.31. The van der Waals surface area contributed by atoms with Crippen LogP contribution in [0.25, 0.3) is 0 Å². The molecular weight excluding hydrogens is 336 g/mol. The van der Waals surface area contributed by atoms with Gasteiger partial charge >= 0.3 is 6.09 Å². The normalized spacial score (nSPS) is 25.4. The van der Waals surface area contributed by atoms with Crippen LogP contribution in [0.1, 0.15) is 24.8 Å². The van der Waals surface area contributed by atoms with Crippen LogP contribution >= 0.6 is 0 Å². The molecule has 1 aliphatic rings. The number of hydrogen-bond acceptors (Lipinski definition) is 5. The third-order valence-electron chi connectivity index (χ3n) is 4.97. The molecule has 0 spiro atoms. The summed E-state index contributed by atoms with van der Waals surface area (Å²) in [6, 6.07) is 9.13. The van der Waals surface area contributed by atoms with Gasteiger partial charge in [0.1, 0.15) is 0 Å². The summed E-state index contributed by atoms with van der Waals surface area (Å²) in [5, 5.41) is 25.4. The lowest BCUT2D eigenvalue weighted by Crippen LogP contribution is -2.51. The molecule has 2 rings (SSSR count). The zero-order chi connectivity index (χ0) is 18.9. The Labute approximate surface area is 154 Å². The predicted molar refractivity (Wildman–Crippen MR) is 98.3 cm³/mol. The summed E-state index contributed by atoms with van der Waals surface area (Å²) in [6.07, 6.45) is 1.27. The number of aliphatic hydroxyl groups is 1. The van der Waals surface area contributed by atoms with Crippen molar-refractivity contribution in [1.82, 2.24) is 10.6 Å². The molecule has 1 amide bonds. The molecule has 1 saturated carbocycles. The van der Waals surface area contributed by atoms with Crippen LogP contribution in [0, 0.1) is 0 Å². The van der Waals surface area contributed by atoms with Crippen molar-refractivity contribution in [2.45, 2.75) is 56.1 Å². The molecule has 0 aliphatic heterocycles. The standard InChI is InChI=1S/C19H30N2O5/c1-25-15-9-14(10-16(11-15)26-2)20-12-18(22)17(21-19(23)24)8-13-6-4-3-5-7-13/h3-7,14-18,20-22H,8-12H2,1-2H3,(H,23,24)/t14?,15-,16+,17-,18-/m0/s1. The Balaban J connectivity index is 1.91. The van der Waals surface area contributed by atoms with Gasteiger partial charge < -0.3 is 30.3 Å². The molecule has 0 heterocycles. The second-order valence-corrected chi connectivity index (χ2v) is 6.84. The lowest BCUT2D eigenvalue weighted by atomic mass is 9.90. The fourth-order valence-corrected chi connectivity index (χ4v) is 3.51. The quantitative estimate of drug-likeness (QED) is 0.527. The molecular formula is C19H30N2O5. The van der Waals surface area contributed by atoms with E-state index < -0.39 is 18.2 Å². The molecule has 7 nitrogen and oxygen atoms in total. The van der Waals surface area contributed by atoms with Gasteiger partial charge in [-0.3, -0.25) is 0 Å². The SMILES string of the molecule is CO[C@@H]1CC(NC[C@H](O)[C@H](Cc2ccccc2)NC(=O)O)C[C@H](OC)C1. The van der Waals surface area contributed by atoms with E-state index in [0.29, 0.717) is 13.0 Å². The van der Waals surface area contributed by atoms with Crippen LogP contribution in [0.4, 0.5) is 4.79 Å². The first-order valence-electron chi connectivity index (χ1n) is 9.02. The van der Waals surface area contributed by atoms with Crippen LogP contribution in [-0.4, -0.2) is 67.5 Å². The van der Waals surface area contributed by atoms with E-state index in [-0.39, 0.29) is 18.2 Å². The monoisotopic (exact) mass is 366 g/mol. The van der Waals surface area contributed by atoms with Crippen molar-refractivity contribution in [3.63, 3.8) is 0 Å². The molecule has 4 N–H and O–H groups in total. The molecule has 1 aliphatic carbocycles. The third kappa shape index (κ3) is 6.57. The van der Waals surface area contributed by atoms with Crippen LogP contribution in [-0.2, 0) is 15.9 Å². The van der Waals surface area contributed by atoms with Crippen LogP contribution in [0.3, 0.4) is 0 Å². The Bertz CT molecular complexity index is 530. The number of aliphatic hydroxyl groups excluding tert-OH is 1. The van der Waals surface area contributed by atoms with Gasteiger partial charge in [-0.05, 0) is 31.2 Å². The Morgan fingerprint density at radius 2 is 1.77 bits per heavy atom. The fourth-order valence-electron chi connectivity index (χ4n) is 3.51. The lowest BCUT2D eigenvalue weighted by molar-refractivity contribution is -0.0226. The molecule has 5 atom stereocenters. The molecule has 1 aromatic rings. The minimum Gasteiger partial charge on any atom is -0.465 e. The minimum absolute atomic E-state index is 0.126. The van der Waals surface area contributed by atoms with Crippen LogP contribution < -0.4 is 10.6 Å². The van der Waals surface area contributed by atoms with E-state index in [9.17, 15) is 9.90 Å². The van der Waals surface area contributed by atoms with Crippen molar-refractivity contribution < 1.29 is 24.5 Å². The van der Waals surface area contributed by atoms with Gasteiger partial charge in [-0.2, -0.15) is 0 Å². The van der Waals surface area contributed by atoms with E-state index in [1.807, 2.05) is 30.3 Å². The highest BCUT2D eigenvalue weighted by Crippen LogP contribution is 2.23. The third-order valence-corrected chi connectivity index (χ3v) is 4.97. The predicted octanol–water partition coefficient (Wildman–Crippen LogP) is 1.40. The maximum absolute atomic E-state index is 11.1. The Morgan fingerprint density at radius 3 is 2.31 bits per heavy atom. The summed E-state index contributed by atoms with van der Waals surface area (Å²) < 4.78 is 10.9. The number of amides is 1. The van der Waals surface area contributed by atoms with E-state index >= 15 is 0 Å². The zero-order valence-electron chi connectivity index (χ0n) is 15.4. The van der Waals surface area contributed by atoms with Gasteiger partial charge in [0.05, 0.1) is 24.4 Å². The molecule has 146 valence electrons. The van der Waals surface area contributed by atoms with Crippen LogP contribution in [0.5, 0.6) is 0 Å². The van der Waals surface area contributed by atoms with Gasteiger partial charge in [0.2, 0.25) is 0 Å². The van der Waals surface area contributed by atoms with Crippen LogP contribution in [0.15, 0.2) is 30.3 Å². The zero-order valence-corrected chi connectivity index (χ0v) is 15.4. The second kappa shape index (κ2) is 10.5. The van der Waals surface area contributed by atoms with E-state index in [2.05, 4.69) is 10.6 Å². The number of carboxylic acid groups (broad SMARTS) is 1. The molecule has 0 aromatic heterocycles. The highest BCUT2D eigenvalue weighted by molar-refractivity contribution is 5.65. The summed E-state index contributed by atoms with van der Waals surface area (Å²) in [6.45, 7) is 0.301. The Hall–Kier alpha value is -1.67. The van der Waals surface area contributed by atoms with Gasteiger partial charge in [-0.1, -0.05) is 30.3 Å². The van der Waals surface area contributed by atoms with E-state index in [1.165, 1.54) is 0 Å². The average Bonchev–Trinajstić information content (AvgIpc) is 2.65. The highest BCUT2D eigenvalue weighted by atomic mass is 16.5. The van der Waals surface area contributed by atoms with Gasteiger partial charge in [-0.15, -0.1) is 0 Å². The van der Waals surface area contributed by atoms with Gasteiger partial charge in [0.15, 0.2) is 0 Å². The molecule has 0 radical (unpaired) electrons. The van der Waals surface area contributed by atoms with E-state index in [4.69, 9.17) is 14.6 Å². The van der Waals surface area contributed by atoms with Crippen molar-refractivity contribution >= 4 is 6.09 Å². The summed E-state index contributed by atoms with van der Waals surface area (Å²) in [5.74, 6) is 0. The minimum atomic E-state index is -1.14. The number of nitrogens with one attached hydrogen (secondary N) is 2. The number of hydrogen-bond donors (Lipinski definition) is 4. The molecule has 1 fully saturated rings. The maximum Gasteiger partial charge on any atom is 0.404 e. The van der Waals surface area contributed by atoms with E-state index in [1.54, 1.807) is 14.2 Å².